The number of hydrogen-bond donors (Lipinski definition) is 1. The number of fused-ring (bicyclic) bond motifs is 2. The van der Waals surface area contributed by atoms with Gasteiger partial charge in [-0.15, -0.1) is 11.3 Å². The van der Waals surface area contributed by atoms with Crippen LogP contribution in [-0.4, -0.2) is 75.5 Å². The van der Waals surface area contributed by atoms with E-state index in [4.69, 9.17) is 24.2 Å². The molecule has 2 aliphatic heterocycles. The summed E-state index contributed by atoms with van der Waals surface area (Å²) < 4.78 is 12.7. The summed E-state index contributed by atoms with van der Waals surface area (Å²) in [6.45, 7) is 6.65. The van der Waals surface area contributed by atoms with Crippen molar-refractivity contribution in [2.45, 2.75) is 25.2 Å². The van der Waals surface area contributed by atoms with Gasteiger partial charge in [-0.3, -0.25) is 9.80 Å². The second-order valence-electron chi connectivity index (χ2n) is 10.7. The number of hydrogen-bond acceptors (Lipinski definition) is 11. The largest absolute Gasteiger partial charge is 0.491 e. The number of benzene rings is 3. The predicted octanol–water partition coefficient (Wildman–Crippen LogP) is 2.70. The highest BCUT2D eigenvalue weighted by Gasteiger charge is 2.40. The molecular formula is C31H31N7O3S. The van der Waals surface area contributed by atoms with Gasteiger partial charge in [-0.25, -0.2) is 15.0 Å². The van der Waals surface area contributed by atoms with Gasteiger partial charge in [-0.05, 0) is 31.2 Å². The fourth-order valence-electron chi connectivity index (χ4n) is 5.49. The van der Waals surface area contributed by atoms with Crippen LogP contribution in [0.25, 0.3) is 10.2 Å². The second kappa shape index (κ2) is 11.3. The number of ether oxygens (including phenoxy) is 1. The Kier molecular flexibility index (Phi) is 7.24. The van der Waals surface area contributed by atoms with Gasteiger partial charge in [-0.2, -0.15) is 4.98 Å². The van der Waals surface area contributed by atoms with Crippen LogP contribution in [0.2, 0.25) is 0 Å². The molecule has 42 heavy (non-hydrogen) atoms. The van der Waals surface area contributed by atoms with Gasteiger partial charge in [0.25, 0.3) is 0 Å². The van der Waals surface area contributed by atoms with Gasteiger partial charge in [0.1, 0.15) is 18.5 Å². The standard InChI is InChI=1S/C31H31N7O3S/c1-21-32-27-17-24(11-12-28(27)42-21)40-20-23(39)18-37-13-15-38(16-14-37)19-29-33-30(36-41-29)31(22-7-3-2-4-8-22)34-25-9-5-6-10-26(25)35-31/h2-12,17,23,39H,13-16,18-20H2,1H3. The Morgan fingerprint density at radius 2 is 1.64 bits per heavy atom. The molecule has 11 heteroatoms. The maximum atomic E-state index is 10.6. The third kappa shape index (κ3) is 5.43. The quantitative estimate of drug-likeness (QED) is 0.283. The Morgan fingerprint density at radius 3 is 2.40 bits per heavy atom. The van der Waals surface area contributed by atoms with E-state index in [0.29, 0.717) is 24.8 Å². The Hall–Kier alpha value is -4.03. The van der Waals surface area contributed by atoms with Crippen molar-refractivity contribution in [1.29, 1.82) is 0 Å². The van der Waals surface area contributed by atoms with Crippen LogP contribution in [0.4, 0.5) is 0 Å². The van der Waals surface area contributed by atoms with E-state index in [0.717, 1.165) is 63.4 Å². The van der Waals surface area contributed by atoms with Crippen LogP contribution in [0.3, 0.4) is 0 Å². The summed E-state index contributed by atoms with van der Waals surface area (Å²) in [5.74, 6) is 1.70. The van der Waals surface area contributed by atoms with E-state index in [1.807, 2.05) is 79.7 Å². The average molecular weight is 582 g/mol. The number of aliphatic hydroxyl groups is 1. The number of rotatable bonds is 9. The van der Waals surface area contributed by atoms with Crippen LogP contribution < -0.4 is 15.5 Å². The molecule has 1 atom stereocenters. The van der Waals surface area contributed by atoms with Gasteiger partial charge in [0, 0.05) is 44.4 Å². The minimum Gasteiger partial charge on any atom is -0.491 e. The molecule has 1 fully saturated rings. The molecule has 4 heterocycles. The first-order valence-corrected chi connectivity index (χ1v) is 14.9. The molecule has 0 aliphatic carbocycles. The van der Waals surface area contributed by atoms with Crippen molar-refractivity contribution in [1.82, 2.24) is 24.9 Å². The van der Waals surface area contributed by atoms with E-state index < -0.39 is 11.8 Å². The monoisotopic (exact) mass is 581 g/mol. The molecule has 0 amide bonds. The zero-order valence-electron chi connectivity index (χ0n) is 23.3. The van der Waals surface area contributed by atoms with Crippen LogP contribution in [0.15, 0.2) is 87.3 Å². The SMILES string of the molecule is Cc1nc2cc(OCC(O)CN3CCN(Cc4nc(C5(c6ccccc6)N=c6ccccc6=N5)no4)CC3)ccc2s1. The van der Waals surface area contributed by atoms with Crippen LogP contribution in [0, 0.1) is 6.92 Å². The van der Waals surface area contributed by atoms with Gasteiger partial charge >= 0.3 is 0 Å². The molecule has 0 saturated carbocycles. The molecule has 7 rings (SSSR count). The number of aryl methyl sites for hydroxylation is 1. The number of nitrogens with zero attached hydrogens (tertiary/aromatic N) is 7. The zero-order valence-corrected chi connectivity index (χ0v) is 24.1. The first-order chi connectivity index (χ1) is 20.5. The smallest absolute Gasteiger partial charge is 0.240 e. The molecule has 10 nitrogen and oxygen atoms in total. The normalized spacial score (nSPS) is 17.5. The maximum absolute atomic E-state index is 10.6. The molecular weight excluding hydrogens is 550 g/mol. The predicted molar refractivity (Wildman–Crippen MR) is 158 cm³/mol. The van der Waals surface area contributed by atoms with Gasteiger partial charge in [0.05, 0.1) is 32.5 Å². The van der Waals surface area contributed by atoms with Crippen LogP contribution in [-0.2, 0) is 12.2 Å². The van der Waals surface area contributed by atoms with Gasteiger partial charge in [0.2, 0.25) is 17.4 Å². The van der Waals surface area contributed by atoms with Crippen molar-refractivity contribution < 1.29 is 14.4 Å². The lowest BCUT2D eigenvalue weighted by atomic mass is 10.0. The van der Waals surface area contributed by atoms with Crippen LogP contribution in [0.1, 0.15) is 22.3 Å². The second-order valence-corrected chi connectivity index (χ2v) is 11.9. The summed E-state index contributed by atoms with van der Waals surface area (Å²) in [6, 6.07) is 23.6. The first kappa shape index (κ1) is 26.8. The van der Waals surface area contributed by atoms with E-state index >= 15 is 0 Å². The van der Waals surface area contributed by atoms with E-state index in [-0.39, 0.29) is 6.61 Å². The molecule has 1 N–H and O–H groups in total. The van der Waals surface area contributed by atoms with Crippen molar-refractivity contribution >= 4 is 21.6 Å². The average Bonchev–Trinajstić information content (AvgIpc) is 3.74. The minimum atomic E-state index is -1.06. The van der Waals surface area contributed by atoms with Crippen molar-refractivity contribution in [2.75, 3.05) is 39.3 Å². The molecule has 5 aromatic rings. The van der Waals surface area contributed by atoms with Crippen molar-refractivity contribution in [3.05, 3.63) is 106 Å². The molecule has 1 unspecified atom stereocenters. The Morgan fingerprint density at radius 1 is 0.929 bits per heavy atom. The number of thiazole rings is 1. The Labute approximate surface area is 246 Å². The fourth-order valence-corrected chi connectivity index (χ4v) is 6.30. The fraction of sp³-hybridized carbons (Fsp3) is 0.323. The van der Waals surface area contributed by atoms with E-state index in [9.17, 15) is 5.11 Å². The summed E-state index contributed by atoms with van der Waals surface area (Å²) in [5.41, 5.74) is 0.763. The number of aliphatic hydroxyl groups excluding tert-OH is 1. The number of β-amino-alcohol motifs (C(OH)–C–C–N with tert-alkyl or cyclic N) is 1. The van der Waals surface area contributed by atoms with Gasteiger partial charge in [-0.1, -0.05) is 47.6 Å². The summed E-state index contributed by atoms with van der Waals surface area (Å²) >= 11 is 1.66. The van der Waals surface area contributed by atoms with Crippen molar-refractivity contribution in [2.24, 2.45) is 9.98 Å². The highest BCUT2D eigenvalue weighted by atomic mass is 32.1. The number of piperazine rings is 1. The summed E-state index contributed by atoms with van der Waals surface area (Å²) in [5, 5.41) is 17.6. The minimum absolute atomic E-state index is 0.239. The third-order valence-corrected chi connectivity index (χ3v) is 8.56. The molecule has 3 aromatic carbocycles. The molecule has 2 aromatic heterocycles. The summed E-state index contributed by atoms with van der Waals surface area (Å²) in [4.78, 5) is 23.8. The molecule has 214 valence electrons. The third-order valence-electron chi connectivity index (χ3n) is 7.60. The molecule has 2 aliphatic rings. The summed E-state index contributed by atoms with van der Waals surface area (Å²) in [7, 11) is 0. The highest BCUT2D eigenvalue weighted by molar-refractivity contribution is 7.18. The van der Waals surface area contributed by atoms with Crippen molar-refractivity contribution in [3.8, 4) is 5.75 Å². The maximum Gasteiger partial charge on any atom is 0.240 e. The Balaban J connectivity index is 0.948. The zero-order chi connectivity index (χ0) is 28.5. The van der Waals surface area contributed by atoms with E-state index in [1.54, 1.807) is 11.3 Å². The van der Waals surface area contributed by atoms with E-state index in [1.165, 1.54) is 0 Å². The van der Waals surface area contributed by atoms with Gasteiger partial charge < -0.3 is 14.4 Å². The molecule has 0 spiro atoms. The number of para-hydroxylation sites is 2. The lowest BCUT2D eigenvalue weighted by Crippen LogP contribution is -2.48. The molecule has 0 radical (unpaired) electrons. The summed E-state index contributed by atoms with van der Waals surface area (Å²) in [6.07, 6.45) is -0.583. The lowest BCUT2D eigenvalue weighted by Gasteiger charge is -2.34. The molecule has 1 saturated heterocycles. The number of aromatic nitrogens is 3. The molecule has 0 bridgehead atoms. The lowest BCUT2D eigenvalue weighted by molar-refractivity contribution is 0.0426. The van der Waals surface area contributed by atoms with Gasteiger partial charge in [0.15, 0.2) is 0 Å². The highest BCUT2D eigenvalue weighted by Crippen LogP contribution is 2.34. The van der Waals surface area contributed by atoms with Crippen molar-refractivity contribution in [3.63, 3.8) is 0 Å². The van der Waals surface area contributed by atoms with Crippen LogP contribution >= 0.6 is 11.3 Å². The Bertz CT molecular complexity index is 1780. The van der Waals surface area contributed by atoms with Crippen LogP contribution in [0.5, 0.6) is 5.75 Å². The topological polar surface area (TPSA) is 112 Å². The van der Waals surface area contributed by atoms with E-state index in [2.05, 4.69) is 19.9 Å². The first-order valence-electron chi connectivity index (χ1n) is 14.1.